The molecule has 0 aliphatic heterocycles. The topological polar surface area (TPSA) is 49.3 Å². The summed E-state index contributed by atoms with van der Waals surface area (Å²) in [6.45, 7) is 8.73. The van der Waals surface area contributed by atoms with Gasteiger partial charge in [0, 0.05) is 10.6 Å². The van der Waals surface area contributed by atoms with E-state index >= 15 is 0 Å². The lowest BCUT2D eigenvalue weighted by atomic mass is 9.99. The molecule has 0 amide bonds. The van der Waals surface area contributed by atoms with Gasteiger partial charge in [0.25, 0.3) is 0 Å². The maximum absolute atomic E-state index is 11.4. The van der Waals surface area contributed by atoms with Crippen molar-refractivity contribution in [3.05, 3.63) is 29.3 Å². The van der Waals surface area contributed by atoms with E-state index in [-0.39, 0.29) is 0 Å². The second-order valence-corrected chi connectivity index (χ2v) is 6.57. The number of rotatable bonds is 8. The maximum atomic E-state index is 11.4. The first-order chi connectivity index (χ1) is 9.39. The van der Waals surface area contributed by atoms with Gasteiger partial charge in [0.2, 0.25) is 0 Å². The number of aryl methyl sites for hydroxylation is 2. The Labute approximate surface area is 126 Å². The summed E-state index contributed by atoms with van der Waals surface area (Å²) in [5, 5.41) is 12.5. The molecule has 0 fully saturated rings. The Balaban J connectivity index is 2.58. The molecule has 1 aromatic rings. The van der Waals surface area contributed by atoms with Crippen molar-refractivity contribution in [2.75, 3.05) is 12.3 Å². The third kappa shape index (κ3) is 4.84. The van der Waals surface area contributed by atoms with Crippen LogP contribution in [-0.2, 0) is 4.79 Å². The highest BCUT2D eigenvalue weighted by Crippen LogP contribution is 2.26. The summed E-state index contributed by atoms with van der Waals surface area (Å²) >= 11 is 1.73. The molecule has 0 aliphatic carbocycles. The van der Waals surface area contributed by atoms with Gasteiger partial charge in [0.05, 0.1) is 0 Å². The van der Waals surface area contributed by atoms with Crippen LogP contribution in [0.25, 0.3) is 0 Å². The molecule has 1 unspecified atom stereocenters. The lowest BCUT2D eigenvalue weighted by Crippen LogP contribution is -2.50. The standard InChI is InChI=1S/C16H25NO2S/c1-5-9-17-16(4,15(18)19)8-10-20-14-7-6-12(2)11-13(14)3/h6-7,11,17H,5,8-10H2,1-4H3,(H,18,19). The summed E-state index contributed by atoms with van der Waals surface area (Å²) < 4.78 is 0. The van der Waals surface area contributed by atoms with Crippen LogP contribution < -0.4 is 5.32 Å². The van der Waals surface area contributed by atoms with Crippen LogP contribution in [0.3, 0.4) is 0 Å². The smallest absolute Gasteiger partial charge is 0.323 e. The fraction of sp³-hybridized carbons (Fsp3) is 0.562. The number of carbonyl (C=O) groups is 1. The highest BCUT2D eigenvalue weighted by Gasteiger charge is 2.31. The molecule has 0 aliphatic rings. The molecule has 0 heterocycles. The van der Waals surface area contributed by atoms with Gasteiger partial charge in [-0.25, -0.2) is 0 Å². The molecule has 0 saturated carbocycles. The Morgan fingerprint density at radius 3 is 2.65 bits per heavy atom. The average Bonchev–Trinajstić information content (AvgIpc) is 2.38. The van der Waals surface area contributed by atoms with Crippen molar-refractivity contribution in [3.8, 4) is 0 Å². The van der Waals surface area contributed by atoms with Crippen molar-refractivity contribution in [2.24, 2.45) is 0 Å². The zero-order valence-corrected chi connectivity index (χ0v) is 13.6. The Bertz CT molecular complexity index is 462. The van der Waals surface area contributed by atoms with E-state index in [9.17, 15) is 9.90 Å². The molecule has 0 aromatic heterocycles. The second kappa shape index (κ2) is 7.70. The van der Waals surface area contributed by atoms with E-state index in [1.165, 1.54) is 16.0 Å². The van der Waals surface area contributed by atoms with Gasteiger partial charge in [-0.3, -0.25) is 4.79 Å². The molecular formula is C16H25NO2S. The maximum Gasteiger partial charge on any atom is 0.323 e. The van der Waals surface area contributed by atoms with Crippen LogP contribution >= 0.6 is 11.8 Å². The third-order valence-electron chi connectivity index (χ3n) is 3.43. The highest BCUT2D eigenvalue weighted by atomic mass is 32.2. The van der Waals surface area contributed by atoms with Crippen LogP contribution in [0.1, 0.15) is 37.8 Å². The number of carboxylic acids is 1. The van der Waals surface area contributed by atoms with Gasteiger partial charge in [-0.15, -0.1) is 11.8 Å². The molecule has 0 saturated heterocycles. The molecule has 1 atom stereocenters. The molecular weight excluding hydrogens is 270 g/mol. The Hall–Kier alpha value is -1.00. The number of hydrogen-bond donors (Lipinski definition) is 2. The van der Waals surface area contributed by atoms with Crippen molar-refractivity contribution < 1.29 is 9.90 Å². The van der Waals surface area contributed by atoms with E-state index in [1.807, 2.05) is 6.92 Å². The SMILES string of the molecule is CCCNC(C)(CCSc1ccc(C)cc1C)C(=O)O. The quantitative estimate of drug-likeness (QED) is 0.719. The zero-order valence-electron chi connectivity index (χ0n) is 12.8. The summed E-state index contributed by atoms with van der Waals surface area (Å²) in [6, 6.07) is 6.38. The van der Waals surface area contributed by atoms with Gasteiger partial charge in [-0.2, -0.15) is 0 Å². The second-order valence-electron chi connectivity index (χ2n) is 5.43. The predicted molar refractivity (Wildman–Crippen MR) is 85.6 cm³/mol. The van der Waals surface area contributed by atoms with E-state index in [4.69, 9.17) is 0 Å². The van der Waals surface area contributed by atoms with Crippen molar-refractivity contribution in [2.45, 2.75) is 51.0 Å². The van der Waals surface area contributed by atoms with E-state index < -0.39 is 11.5 Å². The monoisotopic (exact) mass is 295 g/mol. The van der Waals surface area contributed by atoms with Crippen molar-refractivity contribution in [1.82, 2.24) is 5.32 Å². The largest absolute Gasteiger partial charge is 0.480 e. The molecule has 20 heavy (non-hydrogen) atoms. The first-order valence-electron chi connectivity index (χ1n) is 7.07. The van der Waals surface area contributed by atoms with Crippen LogP contribution in [0, 0.1) is 13.8 Å². The lowest BCUT2D eigenvalue weighted by molar-refractivity contribution is -0.144. The number of benzene rings is 1. The lowest BCUT2D eigenvalue weighted by Gasteiger charge is -2.26. The molecule has 2 N–H and O–H groups in total. The summed E-state index contributed by atoms with van der Waals surface area (Å²) in [6.07, 6.45) is 1.55. The first kappa shape index (κ1) is 17.1. The molecule has 0 radical (unpaired) electrons. The van der Waals surface area contributed by atoms with Gasteiger partial charge < -0.3 is 10.4 Å². The molecule has 1 rings (SSSR count). The third-order valence-corrected chi connectivity index (χ3v) is 4.60. The fourth-order valence-electron chi connectivity index (χ4n) is 2.00. The number of carboxylic acid groups (broad SMARTS) is 1. The average molecular weight is 295 g/mol. The number of hydrogen-bond acceptors (Lipinski definition) is 3. The molecule has 1 aromatic carbocycles. The minimum absolute atomic E-state index is 0.611. The molecule has 3 nitrogen and oxygen atoms in total. The van der Waals surface area contributed by atoms with Gasteiger partial charge in [-0.05, 0) is 51.8 Å². The van der Waals surface area contributed by atoms with Crippen LogP contribution in [0.5, 0.6) is 0 Å². The Kier molecular flexibility index (Phi) is 6.56. The minimum Gasteiger partial charge on any atom is -0.480 e. The molecule has 0 spiro atoms. The van der Waals surface area contributed by atoms with E-state index in [1.54, 1.807) is 18.7 Å². The normalized spacial score (nSPS) is 14.0. The summed E-state index contributed by atoms with van der Waals surface area (Å²) in [7, 11) is 0. The summed E-state index contributed by atoms with van der Waals surface area (Å²) in [5.41, 5.74) is 1.68. The minimum atomic E-state index is -0.832. The fourth-order valence-corrected chi connectivity index (χ4v) is 3.18. The Morgan fingerprint density at radius 1 is 1.40 bits per heavy atom. The number of thioether (sulfide) groups is 1. The van der Waals surface area contributed by atoms with Crippen molar-refractivity contribution in [1.29, 1.82) is 0 Å². The van der Waals surface area contributed by atoms with Gasteiger partial charge in [0.15, 0.2) is 0 Å². The van der Waals surface area contributed by atoms with Crippen LogP contribution in [0.4, 0.5) is 0 Å². The highest BCUT2D eigenvalue weighted by molar-refractivity contribution is 7.99. The van der Waals surface area contributed by atoms with E-state index in [2.05, 4.69) is 37.4 Å². The number of nitrogens with one attached hydrogen (secondary N) is 1. The summed E-state index contributed by atoms with van der Waals surface area (Å²) in [4.78, 5) is 12.6. The number of aliphatic carboxylic acids is 1. The van der Waals surface area contributed by atoms with Gasteiger partial charge >= 0.3 is 5.97 Å². The van der Waals surface area contributed by atoms with Crippen LogP contribution in [0.2, 0.25) is 0 Å². The van der Waals surface area contributed by atoms with Crippen molar-refractivity contribution >= 4 is 17.7 Å². The Morgan fingerprint density at radius 2 is 2.10 bits per heavy atom. The van der Waals surface area contributed by atoms with Crippen molar-refractivity contribution in [3.63, 3.8) is 0 Å². The summed E-state index contributed by atoms with van der Waals surface area (Å²) in [5.74, 6) is 0.0239. The van der Waals surface area contributed by atoms with Gasteiger partial charge in [0.1, 0.15) is 5.54 Å². The first-order valence-corrected chi connectivity index (χ1v) is 8.06. The van der Waals surface area contributed by atoms with Gasteiger partial charge in [-0.1, -0.05) is 24.6 Å². The molecule has 112 valence electrons. The zero-order chi connectivity index (χ0) is 15.2. The van der Waals surface area contributed by atoms with Crippen LogP contribution in [0.15, 0.2) is 23.1 Å². The molecule has 4 heteroatoms. The molecule has 0 bridgehead atoms. The van der Waals surface area contributed by atoms with E-state index in [0.717, 1.165) is 18.7 Å². The van der Waals surface area contributed by atoms with E-state index in [0.29, 0.717) is 6.42 Å². The predicted octanol–water partition coefficient (Wildman–Crippen LogP) is 3.63. The van der Waals surface area contributed by atoms with Crippen LogP contribution in [-0.4, -0.2) is 28.9 Å².